The highest BCUT2D eigenvalue weighted by Gasteiger charge is 2.45. The maximum atomic E-state index is 13.8. The van der Waals surface area contributed by atoms with E-state index in [1.165, 1.54) is 43.5 Å². The molecule has 4 N–H and O–H groups in total. The number of ether oxygens (including phenoxy) is 1. The summed E-state index contributed by atoms with van der Waals surface area (Å²) in [5.74, 6) is -5.06. The molecular weight excluding hydrogens is 603 g/mol. The molecule has 0 saturated carbocycles. The molecule has 224 valence electrons. The highest BCUT2D eigenvalue weighted by atomic mass is 31.2. The first-order valence-corrected chi connectivity index (χ1v) is 13.2. The van der Waals surface area contributed by atoms with Gasteiger partial charge in [0, 0.05) is 6.20 Å². The molecule has 0 fully saturated rings. The first kappa shape index (κ1) is 30.5. The number of benzene rings is 2. The molecule has 0 bridgehead atoms. The van der Waals surface area contributed by atoms with Crippen molar-refractivity contribution in [3.05, 3.63) is 64.8 Å². The topological polar surface area (TPSA) is 163 Å². The third-order valence-electron chi connectivity index (χ3n) is 5.58. The quantitative estimate of drug-likeness (QED) is 0.205. The number of anilines is 4. The van der Waals surface area contributed by atoms with Crippen LogP contribution in [0.5, 0.6) is 5.75 Å². The Morgan fingerprint density at radius 3 is 2.43 bits per heavy atom. The van der Waals surface area contributed by atoms with Crippen molar-refractivity contribution >= 4 is 42.6 Å². The first-order chi connectivity index (χ1) is 19.5. The van der Waals surface area contributed by atoms with Crippen LogP contribution in [-0.2, 0) is 33.1 Å². The number of nitrogens with zero attached hydrogens (tertiary/aromatic N) is 3. The van der Waals surface area contributed by atoms with Crippen LogP contribution in [0.1, 0.15) is 27.0 Å². The van der Waals surface area contributed by atoms with Crippen LogP contribution in [0.15, 0.2) is 42.6 Å². The Morgan fingerprint density at radius 1 is 1.10 bits per heavy atom. The molecular formula is C23H18F6N5O7P. The van der Waals surface area contributed by atoms with Crippen LogP contribution in [0, 0.1) is 0 Å². The van der Waals surface area contributed by atoms with Crippen LogP contribution in [0.3, 0.4) is 0 Å². The standard InChI is InChI=1S/C23H18F6N5O7P/c1-40-16-7-11(10-42(37,38)39)5-6-14(16)32-21-30-8-13(22(24,25)26)18(33-21)31-15-4-2-3-12-9-34(19(35)17(12)15)41-20(36)23(27,28)29/h2-8H,9-10H2,1H3,(H2,37,38,39)(H2,30,31,32,33). The molecule has 1 amide bonds. The minimum atomic E-state index is -5.40. The van der Waals surface area contributed by atoms with Gasteiger partial charge in [-0.2, -0.15) is 36.4 Å². The average molecular weight is 621 g/mol. The molecule has 3 aromatic rings. The van der Waals surface area contributed by atoms with E-state index in [1.54, 1.807) is 0 Å². The highest BCUT2D eigenvalue weighted by Crippen LogP contribution is 2.41. The molecule has 0 unspecified atom stereocenters. The van der Waals surface area contributed by atoms with Crippen molar-refractivity contribution in [2.24, 2.45) is 0 Å². The normalized spacial score (nSPS) is 13.5. The van der Waals surface area contributed by atoms with Gasteiger partial charge in [-0.3, -0.25) is 9.36 Å². The maximum absolute atomic E-state index is 13.8. The lowest BCUT2D eigenvalue weighted by Gasteiger charge is -2.17. The van der Waals surface area contributed by atoms with Gasteiger partial charge in [-0.05, 0) is 29.3 Å². The van der Waals surface area contributed by atoms with E-state index in [9.17, 15) is 50.3 Å². The second-order valence-corrected chi connectivity index (χ2v) is 10.3. The predicted molar refractivity (Wildman–Crippen MR) is 131 cm³/mol. The summed E-state index contributed by atoms with van der Waals surface area (Å²) >= 11 is 0. The van der Waals surface area contributed by atoms with Gasteiger partial charge in [0.2, 0.25) is 5.95 Å². The molecule has 0 aliphatic carbocycles. The van der Waals surface area contributed by atoms with Crippen LogP contribution < -0.4 is 15.4 Å². The van der Waals surface area contributed by atoms with Crippen molar-refractivity contribution in [2.75, 3.05) is 17.7 Å². The molecule has 0 atom stereocenters. The Kier molecular flexibility index (Phi) is 8.08. The van der Waals surface area contributed by atoms with Crippen LogP contribution in [0.2, 0.25) is 0 Å². The monoisotopic (exact) mass is 621 g/mol. The number of carbonyl (C=O) groups is 2. The van der Waals surface area contributed by atoms with Crippen molar-refractivity contribution in [3.8, 4) is 5.75 Å². The van der Waals surface area contributed by atoms with Gasteiger partial charge in [0.1, 0.15) is 17.1 Å². The number of methoxy groups -OCH3 is 1. The van der Waals surface area contributed by atoms with Crippen LogP contribution in [-0.4, -0.2) is 50.0 Å². The maximum Gasteiger partial charge on any atom is 0.493 e. The summed E-state index contributed by atoms with van der Waals surface area (Å²) in [6, 6.07) is 7.74. The van der Waals surface area contributed by atoms with Gasteiger partial charge >= 0.3 is 25.9 Å². The third-order valence-corrected chi connectivity index (χ3v) is 6.35. The molecule has 1 aliphatic heterocycles. The van der Waals surface area contributed by atoms with Crippen molar-refractivity contribution in [1.29, 1.82) is 0 Å². The Hall–Kier alpha value is -4.41. The minimum absolute atomic E-state index is 0.0546. The predicted octanol–water partition coefficient (Wildman–Crippen LogP) is 4.65. The number of nitrogens with one attached hydrogen (secondary N) is 2. The van der Waals surface area contributed by atoms with Gasteiger partial charge in [-0.15, -0.1) is 0 Å². The number of rotatable bonds is 8. The van der Waals surface area contributed by atoms with E-state index >= 15 is 0 Å². The van der Waals surface area contributed by atoms with Gasteiger partial charge in [0.05, 0.1) is 36.8 Å². The third kappa shape index (κ3) is 6.89. The fourth-order valence-electron chi connectivity index (χ4n) is 3.83. The lowest BCUT2D eigenvalue weighted by molar-refractivity contribution is -0.229. The molecule has 2 aromatic carbocycles. The number of hydrogen-bond acceptors (Lipinski definition) is 9. The molecule has 19 heteroatoms. The number of fused-ring (bicyclic) bond motifs is 1. The molecule has 1 aliphatic rings. The number of aromatic nitrogens is 2. The van der Waals surface area contributed by atoms with Crippen LogP contribution >= 0.6 is 7.60 Å². The number of hydrogen-bond donors (Lipinski definition) is 4. The van der Waals surface area contributed by atoms with Crippen LogP contribution in [0.25, 0.3) is 0 Å². The number of alkyl halides is 6. The second kappa shape index (κ2) is 11.1. The van der Waals surface area contributed by atoms with E-state index in [0.717, 1.165) is 0 Å². The van der Waals surface area contributed by atoms with Gasteiger partial charge < -0.3 is 30.0 Å². The largest absolute Gasteiger partial charge is 0.495 e. The zero-order valence-corrected chi connectivity index (χ0v) is 21.8. The summed E-state index contributed by atoms with van der Waals surface area (Å²) in [7, 11) is -3.17. The number of amides is 1. The molecule has 0 spiro atoms. The van der Waals surface area contributed by atoms with Gasteiger partial charge in [-0.25, -0.2) is 9.78 Å². The summed E-state index contributed by atoms with van der Waals surface area (Å²) in [4.78, 5) is 54.0. The molecule has 12 nitrogen and oxygen atoms in total. The Bertz CT molecular complexity index is 1590. The zero-order chi connectivity index (χ0) is 31.0. The van der Waals surface area contributed by atoms with Gasteiger partial charge in [-0.1, -0.05) is 18.2 Å². The molecule has 42 heavy (non-hydrogen) atoms. The lowest BCUT2D eigenvalue weighted by atomic mass is 10.1. The number of carbonyl (C=O) groups excluding carboxylic acids is 2. The molecule has 0 radical (unpaired) electrons. The molecule has 0 saturated heterocycles. The molecule has 1 aromatic heterocycles. The summed E-state index contributed by atoms with van der Waals surface area (Å²) in [5.41, 5.74) is -1.61. The summed E-state index contributed by atoms with van der Waals surface area (Å²) in [5, 5.41) is 5.13. The van der Waals surface area contributed by atoms with Crippen molar-refractivity contribution < 1.29 is 59.9 Å². The van der Waals surface area contributed by atoms with Crippen LogP contribution in [0.4, 0.5) is 49.5 Å². The SMILES string of the molecule is COc1cc(CP(=O)(O)O)ccc1Nc1ncc(C(F)(F)F)c(Nc2cccc3c2C(=O)N(OC(=O)C(F)(F)F)C3)n1. The van der Waals surface area contributed by atoms with E-state index < -0.39 is 61.9 Å². The minimum Gasteiger partial charge on any atom is -0.495 e. The number of hydroxylamine groups is 2. The highest BCUT2D eigenvalue weighted by molar-refractivity contribution is 7.50. The van der Waals surface area contributed by atoms with Gasteiger partial charge in [0.15, 0.2) is 0 Å². The van der Waals surface area contributed by atoms with E-state index in [-0.39, 0.29) is 38.9 Å². The van der Waals surface area contributed by atoms with E-state index in [1.807, 2.05) is 0 Å². The van der Waals surface area contributed by atoms with E-state index in [2.05, 4.69) is 25.4 Å². The fourth-order valence-corrected chi connectivity index (χ4v) is 4.51. The summed E-state index contributed by atoms with van der Waals surface area (Å²) < 4.78 is 95.8. The number of halogens is 6. The molecule has 4 rings (SSSR count). The van der Waals surface area contributed by atoms with Crippen molar-refractivity contribution in [3.63, 3.8) is 0 Å². The van der Waals surface area contributed by atoms with E-state index in [0.29, 0.717) is 6.20 Å². The Labute approximate surface area is 231 Å². The lowest BCUT2D eigenvalue weighted by Crippen LogP contribution is -2.35. The smallest absolute Gasteiger partial charge is 0.493 e. The van der Waals surface area contributed by atoms with E-state index in [4.69, 9.17) is 4.74 Å². The Morgan fingerprint density at radius 2 is 1.81 bits per heavy atom. The van der Waals surface area contributed by atoms with Crippen molar-refractivity contribution in [1.82, 2.24) is 15.0 Å². The van der Waals surface area contributed by atoms with Crippen molar-refractivity contribution in [2.45, 2.75) is 25.1 Å². The summed E-state index contributed by atoms with van der Waals surface area (Å²) in [6.07, 6.45) is -10.5. The van der Waals surface area contributed by atoms with Gasteiger partial charge in [0.25, 0.3) is 5.91 Å². The second-order valence-electron chi connectivity index (χ2n) is 8.62. The molecule has 2 heterocycles. The fraction of sp³-hybridized carbons (Fsp3) is 0.217. The first-order valence-electron chi connectivity index (χ1n) is 11.4. The Balaban J connectivity index is 1.66. The average Bonchev–Trinajstić information content (AvgIpc) is 3.18. The summed E-state index contributed by atoms with van der Waals surface area (Å²) in [6.45, 7) is -0.591. The zero-order valence-electron chi connectivity index (χ0n) is 20.9.